The summed E-state index contributed by atoms with van der Waals surface area (Å²) in [5, 5.41) is 0. The molecule has 2 atom stereocenters. The molecule has 2 rings (SSSR count). The maximum Gasteiger partial charge on any atom is 0.227 e. The first-order valence-electron chi connectivity index (χ1n) is 6.81. The van der Waals surface area contributed by atoms with Gasteiger partial charge in [0.1, 0.15) is 0 Å². The number of carbonyl (C=O) groups is 1. The van der Waals surface area contributed by atoms with Crippen LogP contribution >= 0.6 is 0 Å². The molecule has 0 radical (unpaired) electrons. The van der Waals surface area contributed by atoms with Gasteiger partial charge in [-0.2, -0.15) is 0 Å². The van der Waals surface area contributed by atoms with Crippen LogP contribution in [0.2, 0.25) is 0 Å². The number of anilines is 1. The minimum atomic E-state index is 0.0400. The number of fused-ring (bicyclic) bond motifs is 1. The molecule has 104 valence electrons. The van der Waals surface area contributed by atoms with Gasteiger partial charge in [-0.25, -0.2) is 0 Å². The fraction of sp³-hybridized carbons (Fsp3) is 0.533. The second-order valence-electron chi connectivity index (χ2n) is 5.08. The molecule has 1 aromatic rings. The number of carbonyl (C=O) groups excluding carboxylic acids is 1. The van der Waals surface area contributed by atoms with Gasteiger partial charge in [0.15, 0.2) is 0 Å². The molecule has 1 aliphatic rings. The van der Waals surface area contributed by atoms with E-state index in [0.717, 1.165) is 24.1 Å². The second kappa shape index (κ2) is 6.17. The zero-order chi connectivity index (χ0) is 13.8. The third-order valence-electron chi connectivity index (χ3n) is 3.76. The largest absolute Gasteiger partial charge is 0.382 e. The van der Waals surface area contributed by atoms with Crippen molar-refractivity contribution < 1.29 is 9.53 Å². The Hall–Kier alpha value is -1.39. The summed E-state index contributed by atoms with van der Waals surface area (Å²) in [5.41, 5.74) is 8.13. The van der Waals surface area contributed by atoms with Crippen molar-refractivity contribution in [1.29, 1.82) is 0 Å². The molecule has 0 aromatic heterocycles. The van der Waals surface area contributed by atoms with E-state index in [1.54, 1.807) is 7.11 Å². The Bertz CT molecular complexity index is 448. The lowest BCUT2D eigenvalue weighted by atomic mass is 9.97. The molecule has 0 aliphatic carbocycles. The number of rotatable bonds is 4. The third kappa shape index (κ3) is 3.14. The van der Waals surface area contributed by atoms with Crippen LogP contribution in [-0.4, -0.2) is 25.7 Å². The summed E-state index contributed by atoms with van der Waals surface area (Å²) < 4.78 is 5.18. The lowest BCUT2D eigenvalue weighted by Crippen LogP contribution is -2.38. The molecule has 4 nitrogen and oxygen atoms in total. The minimum Gasteiger partial charge on any atom is -0.382 e. The van der Waals surface area contributed by atoms with Gasteiger partial charge < -0.3 is 15.4 Å². The molecule has 1 aromatic carbocycles. The fourth-order valence-electron chi connectivity index (χ4n) is 2.43. The molecule has 0 bridgehead atoms. The predicted octanol–water partition coefficient (Wildman–Crippen LogP) is 2.24. The molecule has 19 heavy (non-hydrogen) atoms. The van der Waals surface area contributed by atoms with E-state index >= 15 is 0 Å². The smallest absolute Gasteiger partial charge is 0.227 e. The lowest BCUT2D eigenvalue weighted by molar-refractivity contribution is -0.119. The van der Waals surface area contributed by atoms with E-state index in [1.807, 2.05) is 36.1 Å². The number of methoxy groups -OCH3 is 1. The van der Waals surface area contributed by atoms with Crippen LogP contribution in [0.15, 0.2) is 24.3 Å². The van der Waals surface area contributed by atoms with Crippen molar-refractivity contribution in [3.8, 4) is 0 Å². The number of hydrogen-bond acceptors (Lipinski definition) is 3. The van der Waals surface area contributed by atoms with Gasteiger partial charge in [0.05, 0.1) is 6.10 Å². The highest BCUT2D eigenvalue weighted by Gasteiger charge is 2.26. The molecule has 0 saturated heterocycles. The summed E-state index contributed by atoms with van der Waals surface area (Å²) in [6.07, 6.45) is 2.20. The molecule has 1 aliphatic heterocycles. The zero-order valence-corrected chi connectivity index (χ0v) is 11.6. The minimum absolute atomic E-state index is 0.0400. The van der Waals surface area contributed by atoms with Gasteiger partial charge in [-0.05, 0) is 31.4 Å². The number of ether oxygens (including phenoxy) is 1. The maximum atomic E-state index is 12.3. The van der Waals surface area contributed by atoms with Gasteiger partial charge in [0.2, 0.25) is 5.91 Å². The Balaban J connectivity index is 2.09. The normalized spacial score (nSPS) is 19.9. The van der Waals surface area contributed by atoms with Crippen LogP contribution in [0.3, 0.4) is 0 Å². The number of amides is 1. The van der Waals surface area contributed by atoms with Crippen molar-refractivity contribution in [2.75, 3.05) is 18.6 Å². The van der Waals surface area contributed by atoms with Gasteiger partial charge in [0.25, 0.3) is 0 Å². The second-order valence-corrected chi connectivity index (χ2v) is 5.08. The van der Waals surface area contributed by atoms with E-state index in [-0.39, 0.29) is 18.1 Å². The molecule has 1 amide bonds. The van der Waals surface area contributed by atoms with Crippen LogP contribution < -0.4 is 10.6 Å². The SMILES string of the molecule is COC(C)CCC(=O)N1CCC(N)c2ccccc21. The molecule has 2 N–H and O–H groups in total. The molecule has 1 heterocycles. The Morgan fingerprint density at radius 2 is 2.26 bits per heavy atom. The monoisotopic (exact) mass is 262 g/mol. The molecule has 0 fully saturated rings. The Morgan fingerprint density at radius 3 is 3.00 bits per heavy atom. The average Bonchev–Trinajstić information content (AvgIpc) is 2.45. The summed E-state index contributed by atoms with van der Waals surface area (Å²) in [6.45, 7) is 2.69. The molecular weight excluding hydrogens is 240 g/mol. The Morgan fingerprint density at radius 1 is 1.53 bits per heavy atom. The summed E-state index contributed by atoms with van der Waals surface area (Å²) in [6, 6.07) is 7.95. The number of benzene rings is 1. The summed E-state index contributed by atoms with van der Waals surface area (Å²) in [5.74, 6) is 0.156. The van der Waals surface area contributed by atoms with E-state index in [9.17, 15) is 4.79 Å². The number of hydrogen-bond donors (Lipinski definition) is 1. The van der Waals surface area contributed by atoms with Gasteiger partial charge in [-0.15, -0.1) is 0 Å². The predicted molar refractivity (Wildman–Crippen MR) is 76.0 cm³/mol. The van der Waals surface area contributed by atoms with E-state index in [1.165, 1.54) is 0 Å². The highest BCUT2D eigenvalue weighted by Crippen LogP contribution is 2.32. The molecular formula is C15H22N2O2. The first kappa shape index (κ1) is 14.0. The average molecular weight is 262 g/mol. The van der Waals surface area contributed by atoms with Gasteiger partial charge in [-0.1, -0.05) is 18.2 Å². The van der Waals surface area contributed by atoms with Crippen molar-refractivity contribution in [2.24, 2.45) is 5.73 Å². The van der Waals surface area contributed by atoms with Crippen LogP contribution in [0.1, 0.15) is 37.8 Å². The molecule has 4 heteroatoms. The molecule has 0 saturated carbocycles. The van der Waals surface area contributed by atoms with Crippen molar-refractivity contribution in [3.05, 3.63) is 29.8 Å². The highest BCUT2D eigenvalue weighted by molar-refractivity contribution is 5.94. The summed E-state index contributed by atoms with van der Waals surface area (Å²) in [7, 11) is 1.67. The standard InChI is InChI=1S/C15H22N2O2/c1-11(19-2)7-8-15(18)17-10-9-13(16)12-5-3-4-6-14(12)17/h3-6,11,13H,7-10,16H2,1-2H3. The molecule has 2 unspecified atom stereocenters. The van der Waals surface area contributed by atoms with Crippen molar-refractivity contribution >= 4 is 11.6 Å². The number of nitrogens with zero attached hydrogens (tertiary/aromatic N) is 1. The van der Waals surface area contributed by atoms with Crippen LogP contribution in [0.25, 0.3) is 0 Å². The van der Waals surface area contributed by atoms with E-state index in [0.29, 0.717) is 13.0 Å². The topological polar surface area (TPSA) is 55.6 Å². The van der Waals surface area contributed by atoms with Crippen molar-refractivity contribution in [2.45, 2.75) is 38.3 Å². The Labute approximate surface area is 114 Å². The third-order valence-corrected chi connectivity index (χ3v) is 3.76. The van der Waals surface area contributed by atoms with E-state index in [4.69, 9.17) is 10.5 Å². The zero-order valence-electron chi connectivity index (χ0n) is 11.6. The van der Waals surface area contributed by atoms with E-state index < -0.39 is 0 Å². The van der Waals surface area contributed by atoms with Crippen LogP contribution in [0.5, 0.6) is 0 Å². The highest BCUT2D eigenvalue weighted by atomic mass is 16.5. The summed E-state index contributed by atoms with van der Waals surface area (Å²) >= 11 is 0. The maximum absolute atomic E-state index is 12.3. The Kier molecular flexibility index (Phi) is 4.56. The van der Waals surface area contributed by atoms with Crippen LogP contribution in [0, 0.1) is 0 Å². The van der Waals surface area contributed by atoms with Gasteiger partial charge >= 0.3 is 0 Å². The lowest BCUT2D eigenvalue weighted by Gasteiger charge is -2.33. The molecule has 0 spiro atoms. The van der Waals surface area contributed by atoms with Crippen LogP contribution in [-0.2, 0) is 9.53 Å². The first-order chi connectivity index (χ1) is 9.13. The summed E-state index contributed by atoms with van der Waals surface area (Å²) in [4.78, 5) is 14.2. The van der Waals surface area contributed by atoms with E-state index in [2.05, 4.69) is 0 Å². The van der Waals surface area contributed by atoms with Gasteiger partial charge in [0, 0.05) is 31.8 Å². The van der Waals surface area contributed by atoms with Gasteiger partial charge in [-0.3, -0.25) is 4.79 Å². The van der Waals surface area contributed by atoms with Crippen LogP contribution in [0.4, 0.5) is 5.69 Å². The van der Waals surface area contributed by atoms with Crippen molar-refractivity contribution in [1.82, 2.24) is 0 Å². The fourth-order valence-corrected chi connectivity index (χ4v) is 2.43. The van der Waals surface area contributed by atoms with Crippen molar-refractivity contribution in [3.63, 3.8) is 0 Å². The first-order valence-corrected chi connectivity index (χ1v) is 6.81. The number of nitrogens with two attached hydrogens (primary N) is 1. The number of para-hydroxylation sites is 1. The quantitative estimate of drug-likeness (QED) is 0.905.